The number of aromatic nitrogens is 1. The van der Waals surface area contributed by atoms with E-state index in [2.05, 4.69) is 15.6 Å². The van der Waals surface area contributed by atoms with Crippen LogP contribution in [-0.2, 0) is 9.53 Å². The van der Waals surface area contributed by atoms with E-state index in [0.29, 0.717) is 6.42 Å². The molecule has 5 nitrogen and oxygen atoms in total. The molecule has 102 valence electrons. The van der Waals surface area contributed by atoms with E-state index < -0.39 is 0 Å². The molecule has 0 unspecified atom stereocenters. The van der Waals surface area contributed by atoms with Gasteiger partial charge in [-0.1, -0.05) is 0 Å². The van der Waals surface area contributed by atoms with E-state index in [0.717, 1.165) is 12.2 Å². The predicted octanol–water partition coefficient (Wildman–Crippen LogP) is 1.24. The van der Waals surface area contributed by atoms with Crippen LogP contribution in [0.2, 0.25) is 0 Å². The van der Waals surface area contributed by atoms with E-state index in [1.165, 1.54) is 0 Å². The first-order valence-corrected chi connectivity index (χ1v) is 5.26. The zero-order chi connectivity index (χ0) is 11.4. The van der Waals surface area contributed by atoms with Crippen LogP contribution in [0.4, 0.5) is 5.69 Å². The van der Waals surface area contributed by atoms with E-state index in [-0.39, 0.29) is 42.9 Å². The van der Waals surface area contributed by atoms with Crippen molar-refractivity contribution in [2.45, 2.75) is 18.6 Å². The number of carbonyl (C=O) groups excluding carboxylic acids is 1. The van der Waals surface area contributed by atoms with Crippen molar-refractivity contribution in [3.8, 4) is 0 Å². The fourth-order valence-corrected chi connectivity index (χ4v) is 1.75. The van der Waals surface area contributed by atoms with Gasteiger partial charge >= 0.3 is 0 Å². The van der Waals surface area contributed by atoms with Crippen LogP contribution < -0.4 is 10.6 Å². The largest absolute Gasteiger partial charge is 0.380 e. The minimum atomic E-state index is -0.176. The maximum absolute atomic E-state index is 11.8. The van der Waals surface area contributed by atoms with E-state index in [1.54, 1.807) is 25.6 Å². The molecule has 0 bridgehead atoms. The molecule has 1 aliphatic rings. The molecule has 0 aliphatic carbocycles. The first-order chi connectivity index (χ1) is 7.79. The molecule has 1 fully saturated rings. The van der Waals surface area contributed by atoms with E-state index in [1.807, 2.05) is 6.07 Å². The second-order valence-corrected chi connectivity index (χ2v) is 3.79. The van der Waals surface area contributed by atoms with E-state index in [4.69, 9.17) is 4.74 Å². The van der Waals surface area contributed by atoms with Gasteiger partial charge in [0.1, 0.15) is 0 Å². The lowest BCUT2D eigenvalue weighted by atomic mass is 10.2. The molecule has 0 spiro atoms. The topological polar surface area (TPSA) is 63.2 Å². The molecule has 2 atom stereocenters. The van der Waals surface area contributed by atoms with Crippen molar-refractivity contribution in [3.05, 3.63) is 24.5 Å². The van der Waals surface area contributed by atoms with Gasteiger partial charge in [0.15, 0.2) is 0 Å². The third kappa shape index (κ3) is 4.42. The van der Waals surface area contributed by atoms with Gasteiger partial charge in [0.25, 0.3) is 0 Å². The molecule has 0 radical (unpaired) electrons. The first-order valence-electron chi connectivity index (χ1n) is 5.26. The summed E-state index contributed by atoms with van der Waals surface area (Å²) in [6, 6.07) is 3.42. The first kappa shape index (κ1) is 17.1. The highest BCUT2D eigenvalue weighted by Gasteiger charge is 2.29. The van der Waals surface area contributed by atoms with Gasteiger partial charge in [-0.15, -0.1) is 24.8 Å². The van der Waals surface area contributed by atoms with Crippen LogP contribution in [0.25, 0.3) is 0 Å². The standard InChI is InChI=1S/C11H15N3O2.2ClH/c1-16-9-5-10(13-7-9)11(15)14-8-3-2-4-12-6-8;;/h2-4,6,9-10,13H,5,7H2,1H3,(H,14,15);2*1H/t9-,10-;;/m0../s1. The van der Waals surface area contributed by atoms with Crippen molar-refractivity contribution in [2.75, 3.05) is 19.0 Å². The molecule has 7 heteroatoms. The van der Waals surface area contributed by atoms with Crippen molar-refractivity contribution in [2.24, 2.45) is 0 Å². The Morgan fingerprint density at radius 1 is 1.56 bits per heavy atom. The van der Waals surface area contributed by atoms with Crippen LogP contribution in [0, 0.1) is 0 Å². The molecule has 1 aliphatic heterocycles. The Morgan fingerprint density at radius 3 is 2.89 bits per heavy atom. The predicted molar refractivity (Wildman–Crippen MR) is 74.6 cm³/mol. The number of anilines is 1. The van der Waals surface area contributed by atoms with Gasteiger partial charge < -0.3 is 15.4 Å². The average molecular weight is 294 g/mol. The van der Waals surface area contributed by atoms with E-state index >= 15 is 0 Å². The van der Waals surface area contributed by atoms with Gasteiger partial charge in [-0.25, -0.2) is 0 Å². The lowest BCUT2D eigenvalue weighted by Crippen LogP contribution is -2.35. The Bertz CT molecular complexity index is 365. The van der Waals surface area contributed by atoms with Gasteiger partial charge in [-0.05, 0) is 18.6 Å². The molecule has 0 aromatic carbocycles. The molecular weight excluding hydrogens is 277 g/mol. The van der Waals surface area contributed by atoms with Crippen molar-refractivity contribution in [3.63, 3.8) is 0 Å². The van der Waals surface area contributed by atoms with Gasteiger partial charge in [-0.3, -0.25) is 9.78 Å². The molecule has 2 N–H and O–H groups in total. The Balaban J connectivity index is 0.00000144. The van der Waals surface area contributed by atoms with Gasteiger partial charge in [0, 0.05) is 19.9 Å². The normalized spacial score (nSPS) is 21.6. The number of amides is 1. The summed E-state index contributed by atoms with van der Waals surface area (Å²) in [7, 11) is 1.66. The Morgan fingerprint density at radius 2 is 2.33 bits per heavy atom. The molecule has 1 aromatic rings. The highest BCUT2D eigenvalue weighted by Crippen LogP contribution is 2.12. The van der Waals surface area contributed by atoms with Gasteiger partial charge in [-0.2, -0.15) is 0 Å². The zero-order valence-electron chi connectivity index (χ0n) is 9.96. The minimum absolute atomic E-state index is 0. The summed E-state index contributed by atoms with van der Waals surface area (Å²) >= 11 is 0. The monoisotopic (exact) mass is 293 g/mol. The third-order valence-electron chi connectivity index (χ3n) is 2.67. The quantitative estimate of drug-likeness (QED) is 0.880. The SMILES string of the molecule is CO[C@@H]1CN[C@H](C(=O)Nc2cccnc2)C1.Cl.Cl. The maximum atomic E-state index is 11.8. The molecule has 2 heterocycles. The van der Waals surface area contributed by atoms with Crippen molar-refractivity contribution < 1.29 is 9.53 Å². The molecule has 18 heavy (non-hydrogen) atoms. The number of rotatable bonds is 3. The number of nitrogens with zero attached hydrogens (tertiary/aromatic N) is 1. The summed E-state index contributed by atoms with van der Waals surface area (Å²) in [5.74, 6) is -0.0347. The number of hydrogen-bond donors (Lipinski definition) is 2. The highest BCUT2D eigenvalue weighted by molar-refractivity contribution is 5.94. The fourth-order valence-electron chi connectivity index (χ4n) is 1.75. The molecule has 0 saturated carbocycles. The van der Waals surface area contributed by atoms with Crippen molar-refractivity contribution >= 4 is 36.4 Å². The number of hydrogen-bond acceptors (Lipinski definition) is 4. The molecular formula is C11H17Cl2N3O2. The number of methoxy groups -OCH3 is 1. The zero-order valence-corrected chi connectivity index (χ0v) is 11.6. The molecule has 1 saturated heterocycles. The van der Waals surface area contributed by atoms with Crippen LogP contribution in [0.1, 0.15) is 6.42 Å². The van der Waals surface area contributed by atoms with Crippen molar-refractivity contribution in [1.82, 2.24) is 10.3 Å². The van der Waals surface area contributed by atoms with Crippen LogP contribution in [0.5, 0.6) is 0 Å². The smallest absolute Gasteiger partial charge is 0.241 e. The van der Waals surface area contributed by atoms with Crippen LogP contribution in [-0.4, -0.2) is 36.7 Å². The highest BCUT2D eigenvalue weighted by atomic mass is 35.5. The lowest BCUT2D eigenvalue weighted by Gasteiger charge is -2.10. The molecule has 2 rings (SSSR count). The summed E-state index contributed by atoms with van der Waals surface area (Å²) in [5, 5.41) is 5.93. The maximum Gasteiger partial charge on any atom is 0.241 e. The van der Waals surface area contributed by atoms with Gasteiger partial charge in [0.05, 0.1) is 24.0 Å². The number of ether oxygens (including phenoxy) is 1. The minimum Gasteiger partial charge on any atom is -0.380 e. The molecule has 1 aromatic heterocycles. The van der Waals surface area contributed by atoms with Crippen LogP contribution in [0.15, 0.2) is 24.5 Å². The third-order valence-corrected chi connectivity index (χ3v) is 2.67. The number of nitrogens with one attached hydrogen (secondary N) is 2. The van der Waals surface area contributed by atoms with Crippen LogP contribution >= 0.6 is 24.8 Å². The Labute approximate surface area is 119 Å². The Kier molecular flexibility index (Phi) is 7.86. The number of halogens is 2. The summed E-state index contributed by atoms with van der Waals surface area (Å²) in [4.78, 5) is 15.8. The fraction of sp³-hybridized carbons (Fsp3) is 0.455. The number of pyridine rings is 1. The molecule has 1 amide bonds. The van der Waals surface area contributed by atoms with E-state index in [9.17, 15) is 4.79 Å². The summed E-state index contributed by atoms with van der Waals surface area (Å²) in [6.45, 7) is 0.724. The van der Waals surface area contributed by atoms with Crippen molar-refractivity contribution in [1.29, 1.82) is 0 Å². The Hall–Kier alpha value is -0.880. The van der Waals surface area contributed by atoms with Gasteiger partial charge in [0.2, 0.25) is 5.91 Å². The summed E-state index contributed by atoms with van der Waals surface area (Å²) in [5.41, 5.74) is 0.718. The summed E-state index contributed by atoms with van der Waals surface area (Å²) < 4.78 is 5.19. The lowest BCUT2D eigenvalue weighted by molar-refractivity contribution is -0.118. The average Bonchev–Trinajstić information content (AvgIpc) is 2.79. The number of carbonyl (C=O) groups is 1. The second kappa shape index (κ2) is 8.26. The second-order valence-electron chi connectivity index (χ2n) is 3.79. The summed E-state index contributed by atoms with van der Waals surface area (Å²) in [6.07, 6.45) is 4.14. The van der Waals surface area contributed by atoms with Crippen LogP contribution in [0.3, 0.4) is 0 Å².